The molecule has 248 valence electrons. The predicted molar refractivity (Wildman–Crippen MR) is 154 cm³/mol. The van der Waals surface area contributed by atoms with E-state index in [2.05, 4.69) is 13.8 Å². The molecular weight excluding hydrogens is 581 g/mol. The molecule has 44 heavy (non-hydrogen) atoms. The first-order valence-electron chi connectivity index (χ1n) is 16.0. The lowest BCUT2D eigenvalue weighted by Gasteiger charge is -2.38. The fourth-order valence-electron chi connectivity index (χ4n) is 6.35. The Morgan fingerprint density at radius 2 is 1.39 bits per heavy atom. The number of esters is 1. The van der Waals surface area contributed by atoms with Crippen LogP contribution in [0.1, 0.15) is 70.8 Å². The van der Waals surface area contributed by atoms with E-state index in [-0.39, 0.29) is 41.1 Å². The molecule has 8 nitrogen and oxygen atoms in total. The SMILES string of the molecule is CC1(COCC2CCC(OCOc3ccc(OC(=O)C4CCC(COCC5(C)COC5)CC4)cc3C(F)(F)F)CC2)COC1. The van der Waals surface area contributed by atoms with Crippen LogP contribution in [0.25, 0.3) is 0 Å². The van der Waals surface area contributed by atoms with E-state index in [1.54, 1.807) is 0 Å². The van der Waals surface area contributed by atoms with E-state index in [9.17, 15) is 18.0 Å². The molecule has 0 amide bonds. The van der Waals surface area contributed by atoms with Crippen molar-refractivity contribution >= 4 is 5.97 Å². The molecule has 2 aliphatic heterocycles. The van der Waals surface area contributed by atoms with Gasteiger partial charge in [0, 0.05) is 24.0 Å². The Morgan fingerprint density at radius 1 is 0.841 bits per heavy atom. The van der Waals surface area contributed by atoms with Crippen molar-refractivity contribution in [3.05, 3.63) is 23.8 Å². The van der Waals surface area contributed by atoms with Crippen molar-refractivity contribution in [2.45, 2.75) is 77.5 Å². The number of halogens is 3. The third kappa shape index (κ3) is 9.31. The molecule has 1 aromatic carbocycles. The second-order valence-electron chi connectivity index (χ2n) is 14.0. The number of benzene rings is 1. The Kier molecular flexibility index (Phi) is 11.1. The minimum atomic E-state index is -4.68. The third-order valence-electron chi connectivity index (χ3n) is 9.38. The van der Waals surface area contributed by atoms with Gasteiger partial charge in [0.2, 0.25) is 0 Å². The first-order chi connectivity index (χ1) is 21.0. The van der Waals surface area contributed by atoms with Crippen LogP contribution in [0.3, 0.4) is 0 Å². The normalized spacial score (nSPS) is 28.0. The van der Waals surface area contributed by atoms with Gasteiger partial charge in [0.15, 0.2) is 6.79 Å². The molecule has 0 spiro atoms. The lowest BCUT2D eigenvalue weighted by atomic mass is 9.82. The maximum atomic E-state index is 13.9. The van der Waals surface area contributed by atoms with Gasteiger partial charge in [-0.25, -0.2) is 0 Å². The maximum absolute atomic E-state index is 13.9. The number of hydrogen-bond acceptors (Lipinski definition) is 8. The molecule has 0 N–H and O–H groups in total. The molecule has 2 heterocycles. The molecule has 11 heteroatoms. The summed E-state index contributed by atoms with van der Waals surface area (Å²) in [6.07, 6.45) is 1.64. The van der Waals surface area contributed by atoms with Crippen LogP contribution in [-0.2, 0) is 34.7 Å². The number of carbonyl (C=O) groups excluding carboxylic acids is 1. The van der Waals surface area contributed by atoms with Crippen molar-refractivity contribution in [2.24, 2.45) is 28.6 Å². The van der Waals surface area contributed by atoms with Crippen molar-refractivity contribution in [1.29, 1.82) is 0 Å². The summed E-state index contributed by atoms with van der Waals surface area (Å²) in [5.74, 6) is -0.514. The molecule has 2 saturated carbocycles. The highest BCUT2D eigenvalue weighted by Crippen LogP contribution is 2.39. The number of alkyl halides is 3. The Hall–Kier alpha value is -1.92. The summed E-state index contributed by atoms with van der Waals surface area (Å²) in [7, 11) is 0. The molecule has 0 radical (unpaired) electrons. The molecule has 4 fully saturated rings. The number of ether oxygens (including phenoxy) is 7. The van der Waals surface area contributed by atoms with Gasteiger partial charge in [-0.3, -0.25) is 4.79 Å². The Morgan fingerprint density at radius 3 is 1.89 bits per heavy atom. The van der Waals surface area contributed by atoms with Crippen molar-refractivity contribution in [3.63, 3.8) is 0 Å². The molecule has 2 saturated heterocycles. The van der Waals surface area contributed by atoms with E-state index in [0.717, 1.165) is 71.0 Å². The smallest absolute Gasteiger partial charge is 0.420 e. The van der Waals surface area contributed by atoms with Crippen LogP contribution in [-0.4, -0.2) is 71.7 Å². The van der Waals surface area contributed by atoms with Crippen molar-refractivity contribution in [3.8, 4) is 11.5 Å². The van der Waals surface area contributed by atoms with Crippen molar-refractivity contribution < 1.29 is 51.1 Å². The predicted octanol–water partition coefficient (Wildman–Crippen LogP) is 6.44. The van der Waals surface area contributed by atoms with Gasteiger partial charge in [-0.05, 0) is 81.4 Å². The Balaban J connectivity index is 1.02. The standard InChI is InChI=1S/C33H47F3O8/c1-31(18-40-19-31)16-38-14-23-3-7-25(8-4-23)30(37)44-27-11-12-29(28(13-27)33(34,35)36)43-22-42-26-9-5-24(6-10-26)15-39-17-32(2)20-41-21-32/h11-13,23-26H,3-10,14-22H2,1-2H3. The summed E-state index contributed by atoms with van der Waals surface area (Å²) in [5.41, 5.74) is -0.764. The van der Waals surface area contributed by atoms with E-state index in [1.165, 1.54) is 12.1 Å². The van der Waals surface area contributed by atoms with Crippen LogP contribution < -0.4 is 9.47 Å². The molecule has 0 atom stereocenters. The van der Waals surface area contributed by atoms with E-state index in [4.69, 9.17) is 33.2 Å². The third-order valence-corrected chi connectivity index (χ3v) is 9.38. The second-order valence-corrected chi connectivity index (χ2v) is 14.0. The van der Waals surface area contributed by atoms with Crippen LogP contribution in [0.2, 0.25) is 0 Å². The zero-order chi connectivity index (χ0) is 31.2. The second kappa shape index (κ2) is 14.7. The molecule has 0 unspecified atom stereocenters. The van der Waals surface area contributed by atoms with Gasteiger partial charge in [0.1, 0.15) is 17.1 Å². The van der Waals surface area contributed by atoms with Crippen molar-refractivity contribution in [2.75, 3.05) is 59.6 Å². The maximum Gasteiger partial charge on any atom is 0.420 e. The van der Waals surface area contributed by atoms with Gasteiger partial charge < -0.3 is 33.2 Å². The van der Waals surface area contributed by atoms with Gasteiger partial charge in [0.05, 0.1) is 51.7 Å². The van der Waals surface area contributed by atoms with E-state index in [0.29, 0.717) is 51.1 Å². The highest BCUT2D eigenvalue weighted by molar-refractivity contribution is 5.75. The lowest BCUT2D eigenvalue weighted by Crippen LogP contribution is -2.43. The summed E-state index contributed by atoms with van der Waals surface area (Å²) in [5, 5.41) is 0. The zero-order valence-electron chi connectivity index (χ0n) is 26.0. The average molecular weight is 629 g/mol. The fraction of sp³-hybridized carbons (Fsp3) is 0.788. The Bertz CT molecular complexity index is 1070. The van der Waals surface area contributed by atoms with E-state index >= 15 is 0 Å². The molecule has 0 bridgehead atoms. The molecular formula is C33H47F3O8. The van der Waals surface area contributed by atoms with E-state index in [1.807, 2.05) is 0 Å². The summed E-state index contributed by atoms with van der Waals surface area (Å²) in [4.78, 5) is 12.8. The molecule has 1 aromatic rings. The summed E-state index contributed by atoms with van der Waals surface area (Å²) in [6.45, 7) is 9.64. The largest absolute Gasteiger partial charge is 0.467 e. The van der Waals surface area contributed by atoms with Gasteiger partial charge in [0.25, 0.3) is 0 Å². The molecule has 2 aliphatic carbocycles. The summed E-state index contributed by atoms with van der Waals surface area (Å²) < 4.78 is 80.6. The molecule has 0 aromatic heterocycles. The Labute approximate surface area is 258 Å². The zero-order valence-corrected chi connectivity index (χ0v) is 26.0. The van der Waals surface area contributed by atoms with Crippen LogP contribution in [0.5, 0.6) is 11.5 Å². The van der Waals surface area contributed by atoms with Crippen LogP contribution in [0, 0.1) is 28.6 Å². The highest BCUT2D eigenvalue weighted by Gasteiger charge is 2.37. The van der Waals surface area contributed by atoms with Gasteiger partial charge in [-0.15, -0.1) is 0 Å². The summed E-state index contributed by atoms with van der Waals surface area (Å²) in [6, 6.07) is 3.37. The van der Waals surface area contributed by atoms with Crippen LogP contribution in [0.15, 0.2) is 18.2 Å². The highest BCUT2D eigenvalue weighted by atomic mass is 19.4. The van der Waals surface area contributed by atoms with Crippen molar-refractivity contribution in [1.82, 2.24) is 0 Å². The van der Waals surface area contributed by atoms with E-state index < -0.39 is 17.7 Å². The number of rotatable bonds is 14. The topological polar surface area (TPSA) is 81.7 Å². The van der Waals surface area contributed by atoms with Crippen LogP contribution >= 0.6 is 0 Å². The average Bonchev–Trinajstić information content (AvgIpc) is 2.96. The van der Waals surface area contributed by atoms with Gasteiger partial charge in [-0.2, -0.15) is 13.2 Å². The first kappa shape index (κ1) is 33.4. The van der Waals surface area contributed by atoms with Gasteiger partial charge >= 0.3 is 12.1 Å². The minimum Gasteiger partial charge on any atom is -0.467 e. The molecule has 4 aliphatic rings. The number of carbonyl (C=O) groups is 1. The first-order valence-corrected chi connectivity index (χ1v) is 16.0. The monoisotopic (exact) mass is 628 g/mol. The number of hydrogen-bond donors (Lipinski definition) is 0. The fourth-order valence-corrected chi connectivity index (χ4v) is 6.35. The van der Waals surface area contributed by atoms with Crippen LogP contribution in [0.4, 0.5) is 13.2 Å². The lowest BCUT2D eigenvalue weighted by molar-refractivity contribution is -0.145. The van der Waals surface area contributed by atoms with Gasteiger partial charge in [-0.1, -0.05) is 13.8 Å². The quantitative estimate of drug-likeness (QED) is 0.132. The summed E-state index contributed by atoms with van der Waals surface area (Å²) >= 11 is 0. The minimum absolute atomic E-state index is 0.0688. The molecule has 5 rings (SSSR count).